The quantitative estimate of drug-likeness (QED) is 0.181. The van der Waals surface area contributed by atoms with Gasteiger partial charge in [0.15, 0.2) is 35.0 Å². The smallest absolute Gasteiger partial charge is 0.382 e. The fourth-order valence-electron chi connectivity index (χ4n) is 5.78. The number of nitrogens with zero attached hydrogens (tertiary/aromatic N) is 7. The van der Waals surface area contributed by atoms with E-state index >= 15 is 4.39 Å². The second kappa shape index (κ2) is 10.6. The molecule has 7 rings (SSSR count). The van der Waals surface area contributed by atoms with Gasteiger partial charge in [-0.05, 0) is 12.8 Å². The molecule has 4 aromatic rings. The van der Waals surface area contributed by atoms with Gasteiger partial charge < -0.3 is 30.6 Å². The normalized spacial score (nSPS) is 36.6. The molecule has 1 aliphatic carbocycles. The maximum atomic E-state index is 15.9. The standard InChI is InChI=1S/C21H25FN10O10P2/c22-12-15-11(40-20(12)32-7-27-13-16(23)25-5-26-17(13)32)4-39-43(34,35)41-10-2-9(1-8(10)3-38-44(36,37)42-15)31-6-28-14-18(31)29-21(24)30-19(14)33/h5-12,15,20H,1-4H2,(H,34,35)(H,36,37)(H2,23,25,26)(H3,24,29,30,33)/t8-,9-,10?,11-,12?,15?,20-/m1/s1. The van der Waals surface area contributed by atoms with Crippen LogP contribution in [0.1, 0.15) is 25.1 Å². The lowest BCUT2D eigenvalue weighted by molar-refractivity contribution is -0.0523. The highest BCUT2D eigenvalue weighted by molar-refractivity contribution is 7.47. The Bertz CT molecular complexity index is 1900. The number of phosphoric acid groups is 2. The zero-order valence-corrected chi connectivity index (χ0v) is 24.1. The zero-order valence-electron chi connectivity index (χ0n) is 22.3. The number of phosphoric ester groups is 2. The molecule has 0 aromatic carbocycles. The molecule has 6 heterocycles. The van der Waals surface area contributed by atoms with Crippen molar-refractivity contribution in [2.45, 2.75) is 49.6 Å². The van der Waals surface area contributed by atoms with Crippen molar-refractivity contribution < 1.29 is 46.1 Å². The fourth-order valence-corrected chi connectivity index (χ4v) is 7.77. The second-order valence-corrected chi connectivity index (χ2v) is 13.3. The molecule has 3 fully saturated rings. The highest BCUT2D eigenvalue weighted by Gasteiger charge is 2.52. The molecular formula is C21H25FN10O10P2. The average molecular weight is 658 g/mol. The molecule has 2 aliphatic heterocycles. The summed E-state index contributed by atoms with van der Waals surface area (Å²) in [7, 11) is -9.76. The molecule has 2 saturated heterocycles. The molecule has 0 radical (unpaired) electrons. The first-order valence-electron chi connectivity index (χ1n) is 13.2. The first kappa shape index (κ1) is 29.3. The Morgan fingerprint density at radius 2 is 1.66 bits per heavy atom. The van der Waals surface area contributed by atoms with E-state index in [1.807, 2.05) is 0 Å². The van der Waals surface area contributed by atoms with Crippen molar-refractivity contribution in [2.75, 3.05) is 24.7 Å². The minimum atomic E-state index is -4.95. The molecule has 0 bridgehead atoms. The van der Waals surface area contributed by atoms with Crippen LogP contribution in [0.15, 0.2) is 23.8 Å². The van der Waals surface area contributed by atoms with Gasteiger partial charge in [-0.1, -0.05) is 0 Å². The maximum Gasteiger partial charge on any atom is 0.472 e. The minimum absolute atomic E-state index is 0.0249. The Morgan fingerprint density at radius 3 is 2.48 bits per heavy atom. The van der Waals surface area contributed by atoms with E-state index in [4.69, 9.17) is 34.3 Å². The molecule has 1 saturated carbocycles. The molecule has 0 amide bonds. The van der Waals surface area contributed by atoms with Gasteiger partial charge in [-0.25, -0.2) is 33.5 Å². The number of fused-ring (bicyclic) bond motifs is 4. The van der Waals surface area contributed by atoms with Crippen molar-refractivity contribution in [3.63, 3.8) is 0 Å². The molecular weight excluding hydrogens is 633 g/mol. The third kappa shape index (κ3) is 5.19. The van der Waals surface area contributed by atoms with E-state index in [0.29, 0.717) is 0 Å². The molecule has 0 spiro atoms. The molecule has 20 nitrogen and oxygen atoms in total. The molecule has 5 unspecified atom stereocenters. The first-order chi connectivity index (χ1) is 20.9. The maximum absolute atomic E-state index is 15.9. The van der Waals surface area contributed by atoms with Crippen LogP contribution in [0.25, 0.3) is 22.3 Å². The van der Waals surface area contributed by atoms with Crippen LogP contribution in [0, 0.1) is 5.92 Å². The van der Waals surface area contributed by atoms with Gasteiger partial charge in [0.1, 0.15) is 24.1 Å². The number of hydrogen-bond acceptors (Lipinski definition) is 15. The number of nitrogens with two attached hydrogens (primary N) is 2. The van der Waals surface area contributed by atoms with Crippen molar-refractivity contribution >= 4 is 49.7 Å². The lowest BCUT2D eigenvalue weighted by atomic mass is 10.1. The lowest BCUT2D eigenvalue weighted by Crippen LogP contribution is -2.35. The van der Waals surface area contributed by atoms with Crippen molar-refractivity contribution in [3.05, 3.63) is 29.3 Å². The van der Waals surface area contributed by atoms with Gasteiger partial charge in [0.25, 0.3) is 5.56 Å². The molecule has 9 atom stereocenters. The van der Waals surface area contributed by atoms with Crippen LogP contribution in [-0.4, -0.2) is 86.5 Å². The van der Waals surface area contributed by atoms with Crippen LogP contribution in [0.4, 0.5) is 16.2 Å². The Morgan fingerprint density at radius 1 is 0.932 bits per heavy atom. The predicted molar refractivity (Wildman–Crippen MR) is 144 cm³/mol. The summed E-state index contributed by atoms with van der Waals surface area (Å²) in [6.07, 6.45) is -3.97. The molecule has 23 heteroatoms. The number of hydrogen-bond donors (Lipinski definition) is 5. The third-order valence-corrected chi connectivity index (χ3v) is 9.75. The topological polar surface area (TPSA) is 280 Å². The average Bonchev–Trinajstić information content (AvgIpc) is 3.72. The van der Waals surface area contributed by atoms with Gasteiger partial charge in [-0.15, -0.1) is 0 Å². The SMILES string of the molecule is Nc1nc2c(ncn2[C@H]2CC3OP(=O)(O)OC[C@H]4O[C@@H](n5cnc6c(N)ncnc65)C(F)C4OP(=O)(O)OC[C@H]3C2)c(=O)[nH]1. The summed E-state index contributed by atoms with van der Waals surface area (Å²) < 4.78 is 71.6. The number of halogens is 1. The second-order valence-electron chi connectivity index (χ2n) is 10.5. The van der Waals surface area contributed by atoms with E-state index in [1.165, 1.54) is 17.2 Å². The Hall–Kier alpha value is -3.39. The van der Waals surface area contributed by atoms with E-state index in [-0.39, 0.29) is 46.9 Å². The van der Waals surface area contributed by atoms with Crippen molar-refractivity contribution in [3.8, 4) is 0 Å². The summed E-state index contributed by atoms with van der Waals surface area (Å²) in [5.74, 6) is -0.862. The fraction of sp³-hybridized carbons (Fsp3) is 0.524. The molecule has 236 valence electrons. The Labute approximate surface area is 244 Å². The van der Waals surface area contributed by atoms with Crippen LogP contribution in [-0.2, 0) is 32.0 Å². The van der Waals surface area contributed by atoms with E-state index in [2.05, 4.69) is 29.9 Å². The molecule has 44 heavy (non-hydrogen) atoms. The van der Waals surface area contributed by atoms with Crippen LogP contribution < -0.4 is 17.0 Å². The number of nitrogens with one attached hydrogen (secondary N) is 1. The van der Waals surface area contributed by atoms with Crippen molar-refractivity contribution in [1.82, 2.24) is 39.0 Å². The number of nitrogen functional groups attached to an aromatic ring is 2. The third-order valence-electron chi connectivity index (χ3n) is 7.75. The van der Waals surface area contributed by atoms with Crippen molar-refractivity contribution in [1.29, 1.82) is 0 Å². The largest absolute Gasteiger partial charge is 0.472 e. The number of aromatic nitrogens is 8. The van der Waals surface area contributed by atoms with E-state index in [9.17, 15) is 23.7 Å². The Balaban J connectivity index is 1.15. The van der Waals surface area contributed by atoms with Crippen LogP contribution in [0.2, 0.25) is 0 Å². The van der Waals surface area contributed by atoms with Crippen LogP contribution in [0.3, 0.4) is 0 Å². The Kier molecular flexibility index (Phi) is 7.07. The molecule has 3 aliphatic rings. The zero-order chi connectivity index (χ0) is 31.0. The lowest BCUT2D eigenvalue weighted by Gasteiger charge is -2.27. The van der Waals surface area contributed by atoms with Gasteiger partial charge >= 0.3 is 15.6 Å². The van der Waals surface area contributed by atoms with Crippen LogP contribution >= 0.6 is 15.6 Å². The van der Waals surface area contributed by atoms with Gasteiger partial charge in [0.05, 0.1) is 32.0 Å². The summed E-state index contributed by atoms with van der Waals surface area (Å²) in [5.41, 5.74) is 11.4. The number of anilines is 2. The van der Waals surface area contributed by atoms with Crippen molar-refractivity contribution in [2.24, 2.45) is 5.92 Å². The summed E-state index contributed by atoms with van der Waals surface area (Å²) in [5, 5.41) is 0. The summed E-state index contributed by atoms with van der Waals surface area (Å²) >= 11 is 0. The summed E-state index contributed by atoms with van der Waals surface area (Å²) in [6.45, 7) is -1.25. The number of H-pyrrole nitrogens is 1. The van der Waals surface area contributed by atoms with Gasteiger partial charge in [-0.2, -0.15) is 4.98 Å². The van der Waals surface area contributed by atoms with Gasteiger partial charge in [0.2, 0.25) is 5.95 Å². The van der Waals surface area contributed by atoms with E-state index < -0.39 is 77.1 Å². The van der Waals surface area contributed by atoms with Gasteiger partial charge in [0, 0.05) is 12.0 Å². The number of aromatic amines is 1. The van der Waals surface area contributed by atoms with E-state index in [1.54, 1.807) is 4.57 Å². The van der Waals surface area contributed by atoms with E-state index in [0.717, 1.165) is 6.33 Å². The number of ether oxygens (including phenoxy) is 1. The highest BCUT2D eigenvalue weighted by atomic mass is 31.2. The number of rotatable bonds is 2. The van der Waals surface area contributed by atoms with Crippen LogP contribution in [0.5, 0.6) is 0 Å². The highest BCUT2D eigenvalue weighted by Crippen LogP contribution is 2.55. The molecule has 4 aromatic heterocycles. The summed E-state index contributed by atoms with van der Waals surface area (Å²) in [6, 6.07) is -0.502. The monoisotopic (exact) mass is 658 g/mol. The predicted octanol–water partition coefficient (Wildman–Crippen LogP) is 0.328. The first-order valence-corrected chi connectivity index (χ1v) is 16.1. The number of alkyl halides is 1. The van der Waals surface area contributed by atoms with Gasteiger partial charge in [-0.3, -0.25) is 32.4 Å². The minimum Gasteiger partial charge on any atom is -0.382 e. The number of imidazole rings is 2. The molecule has 7 N–H and O–H groups in total. The summed E-state index contributed by atoms with van der Waals surface area (Å²) in [4.78, 5) is 55.9.